The summed E-state index contributed by atoms with van der Waals surface area (Å²) in [5.41, 5.74) is 0.134. The Morgan fingerprint density at radius 1 is 1.12 bits per heavy atom. The minimum absolute atomic E-state index is 0.144. The van der Waals surface area contributed by atoms with Gasteiger partial charge in [0.2, 0.25) is 0 Å². The Hall–Kier alpha value is -1.09. The van der Waals surface area contributed by atoms with Crippen LogP contribution in [-0.4, -0.2) is 10.8 Å². The van der Waals surface area contributed by atoms with Gasteiger partial charge in [-0.1, -0.05) is 0 Å². The van der Waals surface area contributed by atoms with E-state index < -0.39 is 0 Å². The summed E-state index contributed by atoms with van der Waals surface area (Å²) in [6.07, 6.45) is 0. The van der Waals surface area contributed by atoms with Crippen LogP contribution in [-0.2, 0) is 0 Å². The molecule has 0 spiro atoms. The summed E-state index contributed by atoms with van der Waals surface area (Å²) in [5, 5.41) is 31.0. The number of hydrogen-bond acceptors (Lipinski definition) is 5. The monoisotopic (exact) mass is 420 g/mol. The van der Waals surface area contributed by atoms with Crippen molar-refractivity contribution in [2.24, 2.45) is 10.9 Å². The molecule has 1 rings (SSSR count). The zero-order valence-electron chi connectivity index (χ0n) is 8.00. The fraction of sp³-hybridized carbons (Fsp3) is 0. The highest BCUT2D eigenvalue weighted by atomic mass is 79.9. The number of halogens is 3. The third kappa shape index (κ3) is 2.29. The number of hydrogen-bond donors (Lipinski definition) is 2. The SMILES string of the molecule is N#CC(C#N)=C1C(Br)=C(O)C(Br)=C(Br)/C1=N\N. The van der Waals surface area contributed by atoms with E-state index in [0.717, 1.165) is 0 Å². The van der Waals surface area contributed by atoms with Gasteiger partial charge in [0.25, 0.3) is 0 Å². The van der Waals surface area contributed by atoms with Crippen LogP contribution in [0.4, 0.5) is 0 Å². The van der Waals surface area contributed by atoms with Crippen molar-refractivity contribution >= 4 is 53.5 Å². The van der Waals surface area contributed by atoms with Crippen molar-refractivity contribution in [2.75, 3.05) is 0 Å². The van der Waals surface area contributed by atoms with Crippen LogP contribution in [0.2, 0.25) is 0 Å². The molecule has 0 aromatic heterocycles. The average molecular weight is 423 g/mol. The molecule has 0 aliphatic heterocycles. The molecule has 1 aliphatic carbocycles. The van der Waals surface area contributed by atoms with Crippen molar-refractivity contribution in [3.8, 4) is 12.1 Å². The molecule has 0 aromatic rings. The summed E-state index contributed by atoms with van der Waals surface area (Å²) < 4.78 is 0.862. The van der Waals surface area contributed by atoms with Crippen molar-refractivity contribution in [1.82, 2.24) is 0 Å². The molecule has 0 atom stereocenters. The Morgan fingerprint density at radius 3 is 2.06 bits per heavy atom. The molecular weight excluding hydrogens is 420 g/mol. The van der Waals surface area contributed by atoms with Gasteiger partial charge < -0.3 is 10.9 Å². The molecule has 0 heterocycles. The Morgan fingerprint density at radius 2 is 1.65 bits per heavy atom. The molecule has 0 unspecified atom stereocenters. The fourth-order valence-corrected chi connectivity index (χ4v) is 2.85. The molecule has 0 bridgehead atoms. The number of nitrogens with zero attached hydrogens (tertiary/aromatic N) is 3. The lowest BCUT2D eigenvalue weighted by Gasteiger charge is -2.17. The Bertz CT molecular complexity index is 566. The van der Waals surface area contributed by atoms with Crippen molar-refractivity contribution < 1.29 is 5.11 Å². The Labute approximate surface area is 122 Å². The second kappa shape index (κ2) is 5.50. The number of allylic oxidation sites excluding steroid dienone is 5. The van der Waals surface area contributed by atoms with Crippen LogP contribution in [0.25, 0.3) is 0 Å². The van der Waals surface area contributed by atoms with Gasteiger partial charge in [0.1, 0.15) is 29.2 Å². The maximum Gasteiger partial charge on any atom is 0.145 e. The van der Waals surface area contributed by atoms with Crippen LogP contribution in [0, 0.1) is 22.7 Å². The van der Waals surface area contributed by atoms with Crippen LogP contribution in [0.3, 0.4) is 0 Å². The molecule has 0 saturated heterocycles. The first-order chi connectivity index (χ1) is 7.99. The third-order valence-corrected chi connectivity index (χ3v) is 4.72. The highest BCUT2D eigenvalue weighted by Crippen LogP contribution is 2.40. The third-order valence-electron chi connectivity index (χ3n) is 1.88. The van der Waals surface area contributed by atoms with Gasteiger partial charge in [-0.3, -0.25) is 0 Å². The summed E-state index contributed by atoms with van der Waals surface area (Å²) in [5.74, 6) is 5.08. The normalized spacial score (nSPS) is 18.2. The maximum absolute atomic E-state index is 9.79. The Balaban J connectivity index is 3.74. The summed E-state index contributed by atoms with van der Waals surface area (Å²) in [6.45, 7) is 0. The van der Waals surface area contributed by atoms with E-state index in [2.05, 4.69) is 52.9 Å². The van der Waals surface area contributed by atoms with Crippen LogP contribution in [0.15, 0.2) is 35.5 Å². The lowest BCUT2D eigenvalue weighted by Crippen LogP contribution is -2.15. The van der Waals surface area contributed by atoms with Crippen molar-refractivity contribution in [3.05, 3.63) is 30.4 Å². The van der Waals surface area contributed by atoms with Crippen molar-refractivity contribution in [2.45, 2.75) is 0 Å². The molecule has 8 heteroatoms. The van der Waals surface area contributed by atoms with Crippen LogP contribution in [0.5, 0.6) is 0 Å². The second-order valence-corrected chi connectivity index (χ2v) is 5.12. The van der Waals surface area contributed by atoms with E-state index in [1.54, 1.807) is 12.1 Å². The highest BCUT2D eigenvalue weighted by Gasteiger charge is 2.29. The number of aliphatic hydroxyl groups excluding tert-OH is 1. The van der Waals surface area contributed by atoms with Crippen molar-refractivity contribution in [3.63, 3.8) is 0 Å². The molecule has 0 saturated carbocycles. The van der Waals surface area contributed by atoms with E-state index >= 15 is 0 Å². The van der Waals surface area contributed by atoms with E-state index in [1.807, 2.05) is 0 Å². The van der Waals surface area contributed by atoms with Crippen LogP contribution < -0.4 is 5.84 Å². The van der Waals surface area contributed by atoms with Gasteiger partial charge in [0.05, 0.1) is 13.4 Å². The minimum atomic E-state index is -0.204. The Kier molecular flexibility index (Phi) is 4.52. The second-order valence-electron chi connectivity index (χ2n) is 2.74. The van der Waals surface area contributed by atoms with Crippen LogP contribution in [0.1, 0.15) is 0 Å². The number of rotatable bonds is 0. The van der Waals surface area contributed by atoms with Crippen LogP contribution >= 0.6 is 47.8 Å². The topological polar surface area (TPSA) is 106 Å². The summed E-state index contributed by atoms with van der Waals surface area (Å²) >= 11 is 9.40. The largest absolute Gasteiger partial charge is 0.506 e. The summed E-state index contributed by atoms with van der Waals surface area (Å²) in [4.78, 5) is 0. The number of nitriles is 2. The first kappa shape index (κ1) is 14.0. The predicted molar refractivity (Wildman–Crippen MR) is 73.3 cm³/mol. The zero-order chi connectivity index (χ0) is 13.2. The molecule has 3 N–H and O–H groups in total. The quantitative estimate of drug-likeness (QED) is 0.355. The molecule has 86 valence electrons. The summed E-state index contributed by atoms with van der Waals surface area (Å²) in [7, 11) is 0. The van der Waals surface area contributed by atoms with Gasteiger partial charge in [-0.15, -0.1) is 0 Å². The van der Waals surface area contributed by atoms with E-state index in [9.17, 15) is 5.11 Å². The van der Waals surface area contributed by atoms with Gasteiger partial charge in [-0.05, 0) is 47.8 Å². The fourth-order valence-electron chi connectivity index (χ4n) is 1.12. The first-order valence-electron chi connectivity index (χ1n) is 3.97. The molecule has 1 aliphatic rings. The lowest BCUT2D eigenvalue weighted by molar-refractivity contribution is 0.429. The molecule has 17 heavy (non-hydrogen) atoms. The molecule has 5 nitrogen and oxygen atoms in total. The van der Waals surface area contributed by atoms with E-state index in [1.165, 1.54) is 0 Å². The smallest absolute Gasteiger partial charge is 0.145 e. The van der Waals surface area contributed by atoms with E-state index in [0.29, 0.717) is 8.96 Å². The van der Waals surface area contributed by atoms with E-state index in [-0.39, 0.29) is 27.1 Å². The number of hydrazone groups is 1. The van der Waals surface area contributed by atoms with E-state index in [4.69, 9.17) is 16.4 Å². The van der Waals surface area contributed by atoms with Gasteiger partial charge in [0, 0.05) is 5.57 Å². The lowest BCUT2D eigenvalue weighted by atomic mass is 9.99. The predicted octanol–water partition coefficient (Wildman–Crippen LogP) is 2.82. The van der Waals surface area contributed by atoms with Gasteiger partial charge >= 0.3 is 0 Å². The first-order valence-corrected chi connectivity index (χ1v) is 6.35. The van der Waals surface area contributed by atoms with Gasteiger partial charge in [-0.2, -0.15) is 15.6 Å². The number of nitrogens with two attached hydrogens (primary N) is 1. The minimum Gasteiger partial charge on any atom is -0.506 e. The summed E-state index contributed by atoms with van der Waals surface area (Å²) in [6, 6.07) is 3.44. The maximum atomic E-state index is 9.79. The van der Waals surface area contributed by atoms with Crippen molar-refractivity contribution in [1.29, 1.82) is 10.5 Å². The average Bonchev–Trinajstić information content (AvgIpc) is 2.34. The van der Waals surface area contributed by atoms with Gasteiger partial charge in [-0.25, -0.2) is 0 Å². The van der Waals surface area contributed by atoms with Gasteiger partial charge in [0.15, 0.2) is 0 Å². The highest BCUT2D eigenvalue weighted by molar-refractivity contribution is 9.14. The number of aliphatic hydroxyl groups is 1. The molecule has 0 amide bonds. The molecule has 0 aromatic carbocycles. The zero-order valence-corrected chi connectivity index (χ0v) is 12.8. The molecule has 0 radical (unpaired) electrons. The molecular formula is C9H3Br3N4O. The standard InChI is InChI=1S/C9H3Br3N4O/c10-5-4(3(1-13)2-14)8(16-15)6(11)7(12)9(5)17/h17H,15H2/b16-8-. The molecule has 0 fully saturated rings.